The molecule has 112 valence electrons. The molecule has 0 atom stereocenters. The highest BCUT2D eigenvalue weighted by Gasteiger charge is 2.20. The summed E-state index contributed by atoms with van der Waals surface area (Å²) in [4.78, 5) is 12.8. The second-order valence-corrected chi connectivity index (χ2v) is 5.31. The van der Waals surface area contributed by atoms with Crippen molar-refractivity contribution in [3.63, 3.8) is 0 Å². The minimum atomic E-state index is -0.0577. The van der Waals surface area contributed by atoms with E-state index in [0.29, 0.717) is 22.8 Å². The fraction of sp³-hybridized carbons (Fsp3) is 0.375. The average molecular weight is 306 g/mol. The van der Waals surface area contributed by atoms with E-state index in [1.165, 1.54) is 0 Å². The molecule has 1 N–H and O–H groups in total. The summed E-state index contributed by atoms with van der Waals surface area (Å²) >= 11 is 6.17. The van der Waals surface area contributed by atoms with Crippen molar-refractivity contribution >= 4 is 17.4 Å². The Balaban J connectivity index is 2.38. The van der Waals surface area contributed by atoms with Gasteiger partial charge in [0.15, 0.2) is 0 Å². The Bertz CT molecular complexity index is 622. The van der Waals surface area contributed by atoms with Gasteiger partial charge < -0.3 is 5.32 Å². The molecule has 0 unspecified atom stereocenters. The van der Waals surface area contributed by atoms with Gasteiger partial charge >= 0.3 is 0 Å². The second-order valence-electron chi connectivity index (χ2n) is 4.90. The molecule has 0 amide bonds. The summed E-state index contributed by atoms with van der Waals surface area (Å²) < 4.78 is 1.69. The van der Waals surface area contributed by atoms with Gasteiger partial charge in [0.1, 0.15) is 5.69 Å². The van der Waals surface area contributed by atoms with Crippen molar-refractivity contribution in [3.8, 4) is 0 Å². The summed E-state index contributed by atoms with van der Waals surface area (Å²) in [5.74, 6) is -0.0577. The van der Waals surface area contributed by atoms with Gasteiger partial charge in [0.2, 0.25) is 5.78 Å². The van der Waals surface area contributed by atoms with E-state index < -0.39 is 0 Å². The summed E-state index contributed by atoms with van der Waals surface area (Å²) in [6.45, 7) is 3.56. The Morgan fingerprint density at radius 1 is 1.38 bits per heavy atom. The SMILES string of the molecule is CCCn1ncc(Cl)c1C(=O)c1ccccc1CCNC. The number of hydrogen-bond acceptors (Lipinski definition) is 3. The molecule has 21 heavy (non-hydrogen) atoms. The van der Waals surface area contributed by atoms with Crippen LogP contribution in [0.3, 0.4) is 0 Å². The van der Waals surface area contributed by atoms with E-state index in [-0.39, 0.29) is 5.78 Å². The van der Waals surface area contributed by atoms with Crippen LogP contribution in [0, 0.1) is 0 Å². The zero-order valence-electron chi connectivity index (χ0n) is 12.4. The van der Waals surface area contributed by atoms with Crippen molar-refractivity contribution in [2.75, 3.05) is 13.6 Å². The second kappa shape index (κ2) is 7.38. The fourth-order valence-electron chi connectivity index (χ4n) is 2.32. The van der Waals surface area contributed by atoms with E-state index in [1.54, 1.807) is 10.9 Å². The van der Waals surface area contributed by atoms with Crippen molar-refractivity contribution < 1.29 is 4.79 Å². The Labute approximate surface area is 130 Å². The number of nitrogens with one attached hydrogen (secondary N) is 1. The van der Waals surface area contributed by atoms with Crippen LogP contribution in [0.5, 0.6) is 0 Å². The van der Waals surface area contributed by atoms with Crippen LogP contribution in [0.4, 0.5) is 0 Å². The first-order chi connectivity index (χ1) is 10.2. The lowest BCUT2D eigenvalue weighted by molar-refractivity contribution is 0.102. The quantitative estimate of drug-likeness (QED) is 0.800. The molecule has 0 aliphatic carbocycles. The Morgan fingerprint density at radius 3 is 2.86 bits per heavy atom. The molecule has 0 radical (unpaired) electrons. The van der Waals surface area contributed by atoms with Gasteiger partial charge in [-0.2, -0.15) is 5.10 Å². The number of rotatable bonds is 7. The predicted octanol–water partition coefficient (Wildman–Crippen LogP) is 2.94. The third-order valence-corrected chi connectivity index (χ3v) is 3.63. The first kappa shape index (κ1) is 15.7. The summed E-state index contributed by atoms with van der Waals surface area (Å²) in [7, 11) is 1.90. The summed E-state index contributed by atoms with van der Waals surface area (Å²) in [6.07, 6.45) is 3.25. The van der Waals surface area contributed by atoms with Gasteiger partial charge in [-0.05, 0) is 32.0 Å². The minimum Gasteiger partial charge on any atom is -0.319 e. The standard InChI is InChI=1S/C16H20ClN3O/c1-3-10-20-15(14(17)11-19-20)16(21)13-7-5-4-6-12(13)8-9-18-2/h4-7,11,18H,3,8-10H2,1-2H3. The summed E-state index contributed by atoms with van der Waals surface area (Å²) in [6, 6.07) is 7.67. The molecule has 0 aliphatic rings. The number of carbonyl (C=O) groups excluding carboxylic acids is 1. The van der Waals surface area contributed by atoms with E-state index in [9.17, 15) is 4.79 Å². The van der Waals surface area contributed by atoms with E-state index in [1.807, 2.05) is 38.2 Å². The van der Waals surface area contributed by atoms with Crippen LogP contribution in [0.1, 0.15) is 35.0 Å². The predicted molar refractivity (Wildman–Crippen MR) is 85.0 cm³/mol. The zero-order chi connectivity index (χ0) is 15.2. The highest BCUT2D eigenvalue weighted by atomic mass is 35.5. The third-order valence-electron chi connectivity index (χ3n) is 3.35. The highest BCUT2D eigenvalue weighted by Crippen LogP contribution is 2.22. The number of aromatic nitrogens is 2. The lowest BCUT2D eigenvalue weighted by Gasteiger charge is -2.10. The molecule has 1 aromatic carbocycles. The number of hydrogen-bond donors (Lipinski definition) is 1. The molecule has 2 aromatic rings. The maximum Gasteiger partial charge on any atom is 0.212 e. The van der Waals surface area contributed by atoms with Crippen molar-refractivity contribution in [2.45, 2.75) is 26.3 Å². The number of aryl methyl sites for hydroxylation is 1. The van der Waals surface area contributed by atoms with Gasteiger partial charge in [0, 0.05) is 12.1 Å². The smallest absolute Gasteiger partial charge is 0.212 e. The zero-order valence-corrected chi connectivity index (χ0v) is 13.2. The molecule has 2 rings (SSSR count). The van der Waals surface area contributed by atoms with Crippen molar-refractivity contribution in [1.29, 1.82) is 0 Å². The van der Waals surface area contributed by atoms with Gasteiger partial charge in [-0.15, -0.1) is 0 Å². The van der Waals surface area contributed by atoms with Crippen molar-refractivity contribution in [3.05, 3.63) is 52.3 Å². The minimum absolute atomic E-state index is 0.0577. The molecule has 0 fully saturated rings. The van der Waals surface area contributed by atoms with Gasteiger partial charge in [-0.25, -0.2) is 0 Å². The van der Waals surface area contributed by atoms with Crippen LogP contribution >= 0.6 is 11.6 Å². The lowest BCUT2D eigenvalue weighted by atomic mass is 9.99. The van der Waals surface area contributed by atoms with Gasteiger partial charge in [0.25, 0.3) is 0 Å². The monoisotopic (exact) mass is 305 g/mol. The van der Waals surface area contributed by atoms with Gasteiger partial charge in [-0.3, -0.25) is 9.48 Å². The molecule has 5 heteroatoms. The van der Waals surface area contributed by atoms with E-state index >= 15 is 0 Å². The topological polar surface area (TPSA) is 46.9 Å². The molecule has 0 saturated heterocycles. The van der Waals surface area contributed by atoms with Gasteiger partial charge in [0.05, 0.1) is 11.2 Å². The van der Waals surface area contributed by atoms with Gasteiger partial charge in [-0.1, -0.05) is 42.8 Å². The lowest BCUT2D eigenvalue weighted by Crippen LogP contribution is -2.16. The molecule has 0 bridgehead atoms. The number of carbonyl (C=O) groups is 1. The largest absolute Gasteiger partial charge is 0.319 e. The summed E-state index contributed by atoms with van der Waals surface area (Å²) in [5.41, 5.74) is 2.21. The number of ketones is 1. The number of likely N-dealkylation sites (N-methyl/N-ethyl adjacent to an activating group) is 1. The average Bonchev–Trinajstić information content (AvgIpc) is 2.86. The fourth-order valence-corrected chi connectivity index (χ4v) is 2.54. The number of benzene rings is 1. The maximum absolute atomic E-state index is 12.8. The van der Waals surface area contributed by atoms with E-state index in [4.69, 9.17) is 11.6 Å². The van der Waals surface area contributed by atoms with Crippen LogP contribution in [-0.4, -0.2) is 29.2 Å². The van der Waals surface area contributed by atoms with Crippen molar-refractivity contribution in [1.82, 2.24) is 15.1 Å². The molecule has 1 aromatic heterocycles. The molecule has 4 nitrogen and oxygen atoms in total. The number of halogens is 1. The number of nitrogens with zero attached hydrogens (tertiary/aromatic N) is 2. The molecular formula is C16H20ClN3O. The molecule has 0 spiro atoms. The first-order valence-electron chi connectivity index (χ1n) is 7.17. The first-order valence-corrected chi connectivity index (χ1v) is 7.55. The summed E-state index contributed by atoms with van der Waals surface area (Å²) in [5, 5.41) is 7.71. The Hall–Kier alpha value is -1.65. The van der Waals surface area contributed by atoms with E-state index in [2.05, 4.69) is 10.4 Å². The van der Waals surface area contributed by atoms with Crippen molar-refractivity contribution in [2.24, 2.45) is 0 Å². The highest BCUT2D eigenvalue weighted by molar-refractivity contribution is 6.34. The third kappa shape index (κ3) is 3.52. The van der Waals surface area contributed by atoms with Crippen LogP contribution in [0.15, 0.2) is 30.5 Å². The molecular weight excluding hydrogens is 286 g/mol. The normalized spacial score (nSPS) is 10.8. The molecule has 0 aliphatic heterocycles. The van der Waals surface area contributed by atoms with Crippen LogP contribution < -0.4 is 5.32 Å². The van der Waals surface area contributed by atoms with Crippen LogP contribution in [-0.2, 0) is 13.0 Å². The van der Waals surface area contributed by atoms with E-state index in [0.717, 1.165) is 24.9 Å². The molecule has 1 heterocycles. The van der Waals surface area contributed by atoms with Crippen LogP contribution in [0.25, 0.3) is 0 Å². The Morgan fingerprint density at radius 2 is 2.14 bits per heavy atom. The Kier molecular flexibility index (Phi) is 5.53. The molecule has 0 saturated carbocycles. The maximum atomic E-state index is 12.8. The van der Waals surface area contributed by atoms with Crippen LogP contribution in [0.2, 0.25) is 5.02 Å².